The molecular weight excluding hydrogens is 308 g/mol. The average molecular weight is 336 g/mol. The molecule has 0 bridgehead atoms. The van der Waals surface area contributed by atoms with Crippen molar-refractivity contribution in [3.63, 3.8) is 0 Å². The molecule has 134 valence electrons. The molecule has 0 aliphatic rings. The van der Waals surface area contributed by atoms with E-state index in [0.29, 0.717) is 24.5 Å². The number of hydrogen-bond donors (Lipinski definition) is 1. The molecule has 1 aromatic rings. The Labute approximate surface area is 144 Å². The lowest BCUT2D eigenvalue weighted by atomic mass is 10.1. The maximum atomic E-state index is 12.0. The first-order valence-corrected chi connectivity index (χ1v) is 7.93. The predicted molar refractivity (Wildman–Crippen MR) is 93.4 cm³/mol. The molecule has 0 spiro atoms. The van der Waals surface area contributed by atoms with Crippen molar-refractivity contribution >= 4 is 11.8 Å². The van der Waals surface area contributed by atoms with E-state index in [1.807, 2.05) is 39.0 Å². The summed E-state index contributed by atoms with van der Waals surface area (Å²) in [5.41, 5.74) is 0.693. The SMILES string of the molecule is COc1ccc(CCN(CC(=O)NC(C)(C)C)C(C)=O)cc1OC. The highest BCUT2D eigenvalue weighted by Gasteiger charge is 2.18. The van der Waals surface area contributed by atoms with Gasteiger partial charge >= 0.3 is 0 Å². The van der Waals surface area contributed by atoms with Crippen LogP contribution in [0, 0.1) is 0 Å². The van der Waals surface area contributed by atoms with Crippen molar-refractivity contribution in [1.29, 1.82) is 0 Å². The van der Waals surface area contributed by atoms with E-state index < -0.39 is 0 Å². The maximum absolute atomic E-state index is 12.0. The largest absolute Gasteiger partial charge is 0.493 e. The van der Waals surface area contributed by atoms with Gasteiger partial charge in [-0.1, -0.05) is 6.07 Å². The Morgan fingerprint density at radius 2 is 1.75 bits per heavy atom. The van der Waals surface area contributed by atoms with E-state index in [9.17, 15) is 9.59 Å². The molecule has 0 unspecified atom stereocenters. The third kappa shape index (κ3) is 6.48. The van der Waals surface area contributed by atoms with Crippen LogP contribution in [0.1, 0.15) is 33.3 Å². The van der Waals surface area contributed by atoms with Crippen LogP contribution in [0.2, 0.25) is 0 Å². The van der Waals surface area contributed by atoms with Gasteiger partial charge in [0.15, 0.2) is 11.5 Å². The van der Waals surface area contributed by atoms with Gasteiger partial charge in [-0.25, -0.2) is 0 Å². The van der Waals surface area contributed by atoms with Crippen LogP contribution in [0.15, 0.2) is 18.2 Å². The maximum Gasteiger partial charge on any atom is 0.240 e. The van der Waals surface area contributed by atoms with Crippen LogP contribution in [0.25, 0.3) is 0 Å². The van der Waals surface area contributed by atoms with Gasteiger partial charge in [-0.05, 0) is 44.9 Å². The molecule has 0 saturated heterocycles. The molecule has 0 aromatic heterocycles. The summed E-state index contributed by atoms with van der Waals surface area (Å²) < 4.78 is 10.5. The minimum atomic E-state index is -0.317. The van der Waals surface area contributed by atoms with Crippen molar-refractivity contribution in [2.24, 2.45) is 0 Å². The first-order chi connectivity index (χ1) is 11.2. The number of carbonyl (C=O) groups is 2. The molecule has 24 heavy (non-hydrogen) atoms. The highest BCUT2D eigenvalue weighted by atomic mass is 16.5. The highest BCUT2D eigenvalue weighted by molar-refractivity contribution is 5.84. The molecule has 1 N–H and O–H groups in total. The third-order valence-electron chi connectivity index (χ3n) is 3.41. The van der Waals surface area contributed by atoms with E-state index >= 15 is 0 Å². The second-order valence-corrected chi connectivity index (χ2v) is 6.68. The Bertz CT molecular complexity index is 579. The Kier molecular flexibility index (Phi) is 7.07. The van der Waals surface area contributed by atoms with E-state index in [1.54, 1.807) is 14.2 Å². The molecule has 6 nitrogen and oxygen atoms in total. The highest BCUT2D eigenvalue weighted by Crippen LogP contribution is 2.27. The van der Waals surface area contributed by atoms with Gasteiger partial charge in [0.05, 0.1) is 20.8 Å². The zero-order valence-corrected chi connectivity index (χ0v) is 15.4. The van der Waals surface area contributed by atoms with Crippen molar-refractivity contribution in [2.75, 3.05) is 27.3 Å². The van der Waals surface area contributed by atoms with Gasteiger partial charge in [-0.2, -0.15) is 0 Å². The first kappa shape index (κ1) is 19.8. The standard InChI is InChI=1S/C18H28N2O4/c1-13(21)20(12-17(22)19-18(2,3)4)10-9-14-7-8-15(23-5)16(11-14)24-6/h7-8,11H,9-10,12H2,1-6H3,(H,19,22). The van der Waals surface area contributed by atoms with Crippen molar-refractivity contribution in [3.8, 4) is 11.5 Å². The molecule has 0 saturated carbocycles. The quantitative estimate of drug-likeness (QED) is 0.827. The number of benzene rings is 1. The van der Waals surface area contributed by atoms with Crippen LogP contribution in [-0.4, -0.2) is 49.6 Å². The lowest BCUT2D eigenvalue weighted by molar-refractivity contribution is -0.134. The van der Waals surface area contributed by atoms with E-state index in [-0.39, 0.29) is 23.9 Å². The number of nitrogens with one attached hydrogen (secondary N) is 1. The average Bonchev–Trinajstić information content (AvgIpc) is 2.48. The Balaban J connectivity index is 2.70. The summed E-state index contributed by atoms with van der Waals surface area (Å²) in [5.74, 6) is 1.02. The van der Waals surface area contributed by atoms with E-state index in [2.05, 4.69) is 5.32 Å². The fraction of sp³-hybridized carbons (Fsp3) is 0.556. The van der Waals surface area contributed by atoms with Crippen LogP contribution in [0.5, 0.6) is 11.5 Å². The molecule has 0 aliphatic carbocycles. The number of carbonyl (C=O) groups excluding carboxylic acids is 2. The second kappa shape index (κ2) is 8.57. The summed E-state index contributed by atoms with van der Waals surface area (Å²) >= 11 is 0. The molecule has 1 rings (SSSR count). The van der Waals surface area contributed by atoms with Gasteiger partial charge in [0.25, 0.3) is 0 Å². The number of nitrogens with zero attached hydrogens (tertiary/aromatic N) is 1. The molecule has 0 heterocycles. The zero-order chi connectivity index (χ0) is 18.3. The van der Waals surface area contributed by atoms with E-state index in [4.69, 9.17) is 9.47 Å². The lowest BCUT2D eigenvalue weighted by Gasteiger charge is -2.25. The van der Waals surface area contributed by atoms with Gasteiger partial charge in [0.1, 0.15) is 0 Å². The fourth-order valence-electron chi connectivity index (χ4n) is 2.28. The summed E-state index contributed by atoms with van der Waals surface area (Å²) in [6.07, 6.45) is 0.628. The van der Waals surface area contributed by atoms with Crippen molar-refractivity contribution in [2.45, 2.75) is 39.7 Å². The molecule has 0 aliphatic heterocycles. The third-order valence-corrected chi connectivity index (χ3v) is 3.41. The van der Waals surface area contributed by atoms with Crippen molar-refractivity contribution in [1.82, 2.24) is 10.2 Å². The van der Waals surface area contributed by atoms with Crippen molar-refractivity contribution in [3.05, 3.63) is 23.8 Å². The number of rotatable bonds is 7. The van der Waals surface area contributed by atoms with E-state index in [0.717, 1.165) is 5.56 Å². The second-order valence-electron chi connectivity index (χ2n) is 6.68. The number of amides is 2. The summed E-state index contributed by atoms with van der Waals surface area (Å²) in [6.45, 7) is 7.72. The molecule has 0 fully saturated rings. The first-order valence-electron chi connectivity index (χ1n) is 7.93. The molecule has 1 aromatic carbocycles. The number of hydrogen-bond acceptors (Lipinski definition) is 4. The van der Waals surface area contributed by atoms with Gasteiger partial charge < -0.3 is 19.7 Å². The van der Waals surface area contributed by atoms with Gasteiger partial charge in [0, 0.05) is 19.0 Å². The van der Waals surface area contributed by atoms with Crippen LogP contribution in [-0.2, 0) is 16.0 Å². The molecule has 0 radical (unpaired) electrons. The Morgan fingerprint density at radius 3 is 2.25 bits per heavy atom. The van der Waals surface area contributed by atoms with E-state index in [1.165, 1.54) is 11.8 Å². The molecular formula is C18H28N2O4. The fourth-order valence-corrected chi connectivity index (χ4v) is 2.28. The minimum Gasteiger partial charge on any atom is -0.493 e. The number of ether oxygens (including phenoxy) is 2. The smallest absolute Gasteiger partial charge is 0.240 e. The molecule has 6 heteroatoms. The van der Waals surface area contributed by atoms with Gasteiger partial charge in [-0.3, -0.25) is 9.59 Å². The minimum absolute atomic E-state index is 0.0554. The molecule has 0 atom stereocenters. The summed E-state index contributed by atoms with van der Waals surface area (Å²) in [5, 5.41) is 2.87. The van der Waals surface area contributed by atoms with Crippen LogP contribution < -0.4 is 14.8 Å². The summed E-state index contributed by atoms with van der Waals surface area (Å²) in [7, 11) is 3.17. The van der Waals surface area contributed by atoms with Gasteiger partial charge in [-0.15, -0.1) is 0 Å². The predicted octanol–water partition coefficient (Wildman–Crippen LogP) is 2.01. The summed E-state index contributed by atoms with van der Waals surface area (Å²) in [6, 6.07) is 5.64. The zero-order valence-electron chi connectivity index (χ0n) is 15.4. The van der Waals surface area contributed by atoms with Crippen molar-refractivity contribution < 1.29 is 19.1 Å². The lowest BCUT2D eigenvalue weighted by Crippen LogP contribution is -2.47. The molecule has 2 amide bonds. The normalized spacial score (nSPS) is 10.9. The topological polar surface area (TPSA) is 67.9 Å². The Hall–Kier alpha value is -2.24. The monoisotopic (exact) mass is 336 g/mol. The summed E-state index contributed by atoms with van der Waals surface area (Å²) in [4.78, 5) is 25.4. The Morgan fingerprint density at radius 1 is 1.12 bits per heavy atom. The van der Waals surface area contributed by atoms with Crippen LogP contribution in [0.3, 0.4) is 0 Å². The van der Waals surface area contributed by atoms with Crippen LogP contribution >= 0.6 is 0 Å². The van der Waals surface area contributed by atoms with Gasteiger partial charge in [0.2, 0.25) is 11.8 Å². The number of methoxy groups -OCH3 is 2. The van der Waals surface area contributed by atoms with Crippen LogP contribution in [0.4, 0.5) is 0 Å².